The van der Waals surface area contributed by atoms with Crippen molar-refractivity contribution in [3.8, 4) is 0 Å². The first kappa shape index (κ1) is 14.7. The molecule has 1 aromatic carbocycles. The van der Waals surface area contributed by atoms with E-state index in [0.29, 0.717) is 18.0 Å². The number of hydrogen-bond donors (Lipinski definition) is 1. The number of carboxylic acid groups (broad SMARTS) is 1. The van der Waals surface area contributed by atoms with Crippen LogP contribution in [0.5, 0.6) is 0 Å². The predicted molar refractivity (Wildman–Crippen MR) is 77.3 cm³/mol. The lowest BCUT2D eigenvalue weighted by atomic mass is 9.98. The van der Waals surface area contributed by atoms with Gasteiger partial charge in [0.1, 0.15) is 0 Å². The standard InChI is InChI=1S/C16H21NO3/c1-11-4-3-7-17(9-11)10-15(18)14-8-13(16(19)20)6-5-12(14)2/h5-6,8,11H,3-4,7,9-10H2,1-2H3,(H,19,20). The van der Waals surface area contributed by atoms with E-state index in [9.17, 15) is 9.59 Å². The van der Waals surface area contributed by atoms with Crippen LogP contribution in [0.25, 0.3) is 0 Å². The average Bonchev–Trinajstić information content (AvgIpc) is 2.38. The minimum absolute atomic E-state index is 0.0136. The summed E-state index contributed by atoms with van der Waals surface area (Å²) in [6.07, 6.45) is 2.35. The van der Waals surface area contributed by atoms with Gasteiger partial charge in [-0.15, -0.1) is 0 Å². The van der Waals surface area contributed by atoms with Crippen LogP contribution in [0.3, 0.4) is 0 Å². The summed E-state index contributed by atoms with van der Waals surface area (Å²) in [5, 5.41) is 9.02. The maximum Gasteiger partial charge on any atom is 0.335 e. The molecule has 1 aliphatic rings. The van der Waals surface area contributed by atoms with Gasteiger partial charge in [-0.05, 0) is 49.9 Å². The van der Waals surface area contributed by atoms with Gasteiger partial charge in [-0.25, -0.2) is 4.79 Å². The molecule has 1 aromatic rings. The van der Waals surface area contributed by atoms with Gasteiger partial charge in [0.2, 0.25) is 0 Å². The molecule has 4 nitrogen and oxygen atoms in total. The van der Waals surface area contributed by atoms with E-state index < -0.39 is 5.97 Å². The molecule has 1 saturated heterocycles. The highest BCUT2D eigenvalue weighted by atomic mass is 16.4. The molecule has 0 aromatic heterocycles. The molecule has 20 heavy (non-hydrogen) atoms. The zero-order valence-corrected chi connectivity index (χ0v) is 12.1. The Morgan fingerprint density at radius 2 is 2.15 bits per heavy atom. The van der Waals surface area contributed by atoms with Gasteiger partial charge < -0.3 is 5.11 Å². The first-order chi connectivity index (χ1) is 9.47. The number of rotatable bonds is 4. The van der Waals surface area contributed by atoms with Crippen LogP contribution in [0, 0.1) is 12.8 Å². The van der Waals surface area contributed by atoms with Crippen LogP contribution in [0.1, 0.15) is 46.0 Å². The summed E-state index contributed by atoms with van der Waals surface area (Å²) in [5.41, 5.74) is 1.54. The molecule has 1 atom stereocenters. The zero-order chi connectivity index (χ0) is 14.7. The van der Waals surface area contributed by atoms with Crippen molar-refractivity contribution in [2.45, 2.75) is 26.7 Å². The lowest BCUT2D eigenvalue weighted by Crippen LogP contribution is -2.38. The fourth-order valence-corrected chi connectivity index (χ4v) is 2.77. The summed E-state index contributed by atoms with van der Waals surface area (Å²) in [6.45, 7) is 6.33. The van der Waals surface area contributed by atoms with E-state index in [4.69, 9.17) is 5.11 Å². The first-order valence-electron chi connectivity index (χ1n) is 7.07. The third-order valence-corrected chi connectivity index (χ3v) is 3.89. The second-order valence-electron chi connectivity index (χ2n) is 5.74. The Morgan fingerprint density at radius 1 is 1.40 bits per heavy atom. The van der Waals surface area contributed by atoms with Crippen molar-refractivity contribution >= 4 is 11.8 Å². The molecule has 1 unspecified atom stereocenters. The Labute approximate surface area is 119 Å². The monoisotopic (exact) mass is 275 g/mol. The molecule has 1 N–H and O–H groups in total. The van der Waals surface area contributed by atoms with Crippen LogP contribution in [0.15, 0.2) is 18.2 Å². The first-order valence-corrected chi connectivity index (χ1v) is 7.07. The molecule has 0 aliphatic carbocycles. The van der Waals surface area contributed by atoms with Gasteiger partial charge >= 0.3 is 5.97 Å². The van der Waals surface area contributed by atoms with Gasteiger partial charge in [-0.2, -0.15) is 0 Å². The molecule has 0 saturated carbocycles. The van der Waals surface area contributed by atoms with Gasteiger partial charge in [0.15, 0.2) is 5.78 Å². The van der Waals surface area contributed by atoms with Crippen LogP contribution in [0.2, 0.25) is 0 Å². The Balaban J connectivity index is 2.12. The van der Waals surface area contributed by atoms with Gasteiger partial charge in [0.05, 0.1) is 12.1 Å². The molecule has 0 spiro atoms. The number of benzene rings is 1. The summed E-state index contributed by atoms with van der Waals surface area (Å²) >= 11 is 0. The van der Waals surface area contributed by atoms with E-state index in [-0.39, 0.29) is 11.3 Å². The minimum atomic E-state index is -0.995. The van der Waals surface area contributed by atoms with Crippen molar-refractivity contribution in [2.24, 2.45) is 5.92 Å². The summed E-state index contributed by atoms with van der Waals surface area (Å²) in [7, 11) is 0. The summed E-state index contributed by atoms with van der Waals surface area (Å²) in [5.74, 6) is -0.353. The number of aromatic carboxylic acids is 1. The van der Waals surface area contributed by atoms with Crippen molar-refractivity contribution in [3.05, 3.63) is 34.9 Å². The summed E-state index contributed by atoms with van der Waals surface area (Å²) in [4.78, 5) is 25.5. The number of aryl methyl sites for hydroxylation is 1. The molecule has 1 fully saturated rings. The molecular weight excluding hydrogens is 254 g/mol. The average molecular weight is 275 g/mol. The van der Waals surface area contributed by atoms with E-state index in [1.807, 2.05) is 6.92 Å². The highest BCUT2D eigenvalue weighted by Crippen LogP contribution is 2.17. The maximum absolute atomic E-state index is 12.4. The SMILES string of the molecule is Cc1ccc(C(=O)O)cc1C(=O)CN1CCCC(C)C1. The third-order valence-electron chi connectivity index (χ3n) is 3.89. The topological polar surface area (TPSA) is 57.6 Å². The number of likely N-dealkylation sites (tertiary alicyclic amines) is 1. The molecule has 1 heterocycles. The Morgan fingerprint density at radius 3 is 2.80 bits per heavy atom. The Kier molecular flexibility index (Phi) is 4.55. The summed E-state index contributed by atoms with van der Waals surface area (Å²) in [6, 6.07) is 4.74. The summed E-state index contributed by atoms with van der Waals surface area (Å²) < 4.78 is 0. The maximum atomic E-state index is 12.4. The molecular formula is C16H21NO3. The van der Waals surface area contributed by atoms with Crippen molar-refractivity contribution in [3.63, 3.8) is 0 Å². The number of nitrogens with zero attached hydrogens (tertiary/aromatic N) is 1. The van der Waals surface area contributed by atoms with E-state index in [1.54, 1.807) is 6.07 Å². The molecule has 108 valence electrons. The quantitative estimate of drug-likeness (QED) is 0.858. The Bertz CT molecular complexity index is 524. The minimum Gasteiger partial charge on any atom is -0.478 e. The lowest BCUT2D eigenvalue weighted by molar-refractivity contribution is 0.0697. The van der Waals surface area contributed by atoms with E-state index in [1.165, 1.54) is 18.6 Å². The van der Waals surface area contributed by atoms with Gasteiger partial charge in [0.25, 0.3) is 0 Å². The van der Waals surface area contributed by atoms with Gasteiger partial charge in [-0.1, -0.05) is 13.0 Å². The highest BCUT2D eigenvalue weighted by molar-refractivity contribution is 6.01. The highest BCUT2D eigenvalue weighted by Gasteiger charge is 2.20. The van der Waals surface area contributed by atoms with Crippen molar-refractivity contribution in [2.75, 3.05) is 19.6 Å². The van der Waals surface area contributed by atoms with Crippen molar-refractivity contribution in [1.82, 2.24) is 4.90 Å². The van der Waals surface area contributed by atoms with Crippen LogP contribution in [-0.2, 0) is 0 Å². The van der Waals surface area contributed by atoms with Crippen molar-refractivity contribution < 1.29 is 14.7 Å². The smallest absolute Gasteiger partial charge is 0.335 e. The normalized spacial score (nSPS) is 19.8. The second kappa shape index (κ2) is 6.18. The van der Waals surface area contributed by atoms with E-state index >= 15 is 0 Å². The number of Topliss-reactive ketones (excluding diaryl/α,β-unsaturated/α-hetero) is 1. The molecule has 0 amide bonds. The van der Waals surface area contributed by atoms with Crippen molar-refractivity contribution in [1.29, 1.82) is 0 Å². The van der Waals surface area contributed by atoms with Crippen LogP contribution in [-0.4, -0.2) is 41.4 Å². The zero-order valence-electron chi connectivity index (χ0n) is 12.1. The number of piperidine rings is 1. The lowest BCUT2D eigenvalue weighted by Gasteiger charge is -2.30. The van der Waals surface area contributed by atoms with Crippen LogP contribution in [0.4, 0.5) is 0 Å². The number of ketones is 1. The number of hydrogen-bond acceptors (Lipinski definition) is 3. The fourth-order valence-electron chi connectivity index (χ4n) is 2.77. The number of carbonyl (C=O) groups excluding carboxylic acids is 1. The third kappa shape index (κ3) is 3.45. The second-order valence-corrected chi connectivity index (χ2v) is 5.74. The fraction of sp³-hybridized carbons (Fsp3) is 0.500. The molecule has 0 radical (unpaired) electrons. The molecule has 4 heteroatoms. The molecule has 2 rings (SSSR count). The van der Waals surface area contributed by atoms with Crippen LogP contribution < -0.4 is 0 Å². The van der Waals surface area contributed by atoms with E-state index in [2.05, 4.69) is 11.8 Å². The van der Waals surface area contributed by atoms with E-state index in [0.717, 1.165) is 25.1 Å². The predicted octanol–water partition coefficient (Wildman–Crippen LogP) is 2.61. The number of carbonyl (C=O) groups is 2. The largest absolute Gasteiger partial charge is 0.478 e. The van der Waals surface area contributed by atoms with Gasteiger partial charge in [-0.3, -0.25) is 9.69 Å². The molecule has 1 aliphatic heterocycles. The van der Waals surface area contributed by atoms with Crippen LogP contribution >= 0.6 is 0 Å². The Hall–Kier alpha value is -1.68. The van der Waals surface area contributed by atoms with Gasteiger partial charge in [0, 0.05) is 12.1 Å². The molecule has 0 bridgehead atoms. The number of carboxylic acids is 1.